The highest BCUT2D eigenvalue weighted by Gasteiger charge is 2.29. The van der Waals surface area contributed by atoms with Crippen LogP contribution in [-0.2, 0) is 18.3 Å². The van der Waals surface area contributed by atoms with Crippen LogP contribution in [-0.4, -0.2) is 33.8 Å². The monoisotopic (exact) mass is 423 g/mol. The second-order valence-corrected chi connectivity index (χ2v) is 9.75. The first kappa shape index (κ1) is 21.3. The van der Waals surface area contributed by atoms with E-state index in [9.17, 15) is 4.39 Å². The van der Waals surface area contributed by atoms with Gasteiger partial charge < -0.3 is 10.1 Å². The number of H-pyrrole nitrogens is 1. The van der Waals surface area contributed by atoms with E-state index < -0.39 is 5.95 Å². The van der Waals surface area contributed by atoms with Gasteiger partial charge in [0.15, 0.2) is 0 Å². The first-order valence-electron chi connectivity index (χ1n) is 10.7. The smallest absolute Gasteiger partial charge is 0.215 e. The van der Waals surface area contributed by atoms with E-state index >= 15 is 0 Å². The lowest BCUT2D eigenvalue weighted by Crippen LogP contribution is -2.29. The third kappa shape index (κ3) is 4.55. The molecule has 0 bridgehead atoms. The molecule has 0 atom stereocenters. The van der Waals surface area contributed by atoms with E-state index in [1.54, 1.807) is 13.3 Å². The van der Waals surface area contributed by atoms with Crippen molar-refractivity contribution in [3.05, 3.63) is 53.4 Å². The number of nitrogens with zero attached hydrogens (tertiary/aromatic N) is 3. The summed E-state index contributed by atoms with van der Waals surface area (Å²) in [6.07, 6.45) is 4.69. The van der Waals surface area contributed by atoms with Gasteiger partial charge in [0.05, 0.1) is 19.0 Å². The zero-order valence-corrected chi connectivity index (χ0v) is 18.8. The highest BCUT2D eigenvalue weighted by atomic mass is 19.1. The Morgan fingerprint density at radius 3 is 2.77 bits per heavy atom. The Labute approximate surface area is 182 Å². The molecule has 0 amide bonds. The van der Waals surface area contributed by atoms with Crippen LogP contribution in [0.15, 0.2) is 30.5 Å². The van der Waals surface area contributed by atoms with E-state index in [0.717, 1.165) is 47.7 Å². The number of methoxy groups -OCH3 is 1. The Kier molecular flexibility index (Phi) is 5.45. The molecule has 2 N–H and O–H groups in total. The maximum Gasteiger partial charge on any atom is 0.215 e. The molecular weight excluding hydrogens is 393 g/mol. The number of rotatable bonds is 6. The molecule has 3 aromatic rings. The number of nitrogens with one attached hydrogen (secondary N) is 2. The zero-order chi connectivity index (χ0) is 22.2. The molecule has 31 heavy (non-hydrogen) atoms. The summed E-state index contributed by atoms with van der Waals surface area (Å²) >= 11 is 0. The fourth-order valence-electron chi connectivity index (χ4n) is 4.11. The average Bonchev–Trinajstić information content (AvgIpc) is 3.14. The average molecular weight is 424 g/mol. The molecule has 0 fully saturated rings. The van der Waals surface area contributed by atoms with Crippen molar-refractivity contribution < 1.29 is 9.13 Å². The third-order valence-electron chi connectivity index (χ3n) is 6.10. The van der Waals surface area contributed by atoms with Crippen LogP contribution < -0.4 is 10.1 Å². The summed E-state index contributed by atoms with van der Waals surface area (Å²) in [5.41, 5.74) is 4.81. The number of fused-ring (bicyclic) bond motifs is 1. The Balaban J connectivity index is 1.54. The van der Waals surface area contributed by atoms with Crippen LogP contribution in [0.4, 0.5) is 10.2 Å². The minimum absolute atomic E-state index is 0.258. The van der Waals surface area contributed by atoms with E-state index in [4.69, 9.17) is 4.74 Å². The second kappa shape index (κ2) is 7.94. The largest absolute Gasteiger partial charge is 0.495 e. The molecule has 0 radical (unpaired) electrons. The van der Waals surface area contributed by atoms with Gasteiger partial charge in [-0.2, -0.15) is 9.49 Å². The summed E-state index contributed by atoms with van der Waals surface area (Å²) in [6, 6.07) is 7.17. The molecule has 0 unspecified atom stereocenters. The van der Waals surface area contributed by atoms with Gasteiger partial charge in [-0.1, -0.05) is 27.7 Å². The first-order valence-corrected chi connectivity index (χ1v) is 10.7. The molecule has 3 aromatic heterocycles. The van der Waals surface area contributed by atoms with Crippen molar-refractivity contribution in [1.82, 2.24) is 20.2 Å². The SMILES string of the molecule is COc1ccc(C(C)(C)CNc2cc(-c3n[nH]c4c3CCC(C)(C)C4)cc(F)n2)nc1. The van der Waals surface area contributed by atoms with Crippen LogP contribution in [0.1, 0.15) is 51.1 Å². The van der Waals surface area contributed by atoms with Gasteiger partial charge in [-0.05, 0) is 42.9 Å². The molecule has 6 nitrogen and oxygen atoms in total. The molecule has 3 heterocycles. The summed E-state index contributed by atoms with van der Waals surface area (Å²) in [5.74, 6) is 0.687. The normalized spacial score (nSPS) is 15.4. The predicted molar refractivity (Wildman–Crippen MR) is 120 cm³/mol. The molecule has 0 spiro atoms. The minimum atomic E-state index is -0.520. The molecule has 1 aliphatic carbocycles. The van der Waals surface area contributed by atoms with Gasteiger partial charge in [0.25, 0.3) is 0 Å². The molecule has 4 rings (SSSR count). The number of aromatic nitrogens is 4. The fraction of sp³-hybridized carbons (Fsp3) is 0.458. The predicted octanol–water partition coefficient (Wildman–Crippen LogP) is 4.92. The second-order valence-electron chi connectivity index (χ2n) is 9.75. The minimum Gasteiger partial charge on any atom is -0.495 e. The highest BCUT2D eigenvalue weighted by Crippen LogP contribution is 2.38. The number of pyridine rings is 2. The van der Waals surface area contributed by atoms with Gasteiger partial charge in [-0.25, -0.2) is 4.98 Å². The van der Waals surface area contributed by atoms with Crippen LogP contribution >= 0.6 is 0 Å². The van der Waals surface area contributed by atoms with Gasteiger partial charge in [-0.3, -0.25) is 10.1 Å². The van der Waals surface area contributed by atoms with Crippen molar-refractivity contribution in [1.29, 1.82) is 0 Å². The van der Waals surface area contributed by atoms with Crippen molar-refractivity contribution in [3.8, 4) is 17.0 Å². The fourth-order valence-corrected chi connectivity index (χ4v) is 4.11. The van der Waals surface area contributed by atoms with Crippen molar-refractivity contribution in [2.24, 2.45) is 5.41 Å². The van der Waals surface area contributed by atoms with Crippen molar-refractivity contribution >= 4 is 5.82 Å². The number of aromatic amines is 1. The summed E-state index contributed by atoms with van der Waals surface area (Å²) in [5, 5.41) is 11.0. The summed E-state index contributed by atoms with van der Waals surface area (Å²) in [4.78, 5) is 8.54. The molecule has 7 heteroatoms. The zero-order valence-electron chi connectivity index (χ0n) is 18.8. The molecule has 1 aliphatic rings. The van der Waals surface area contributed by atoms with Crippen molar-refractivity contribution in [2.45, 2.75) is 52.4 Å². The van der Waals surface area contributed by atoms with Crippen molar-refractivity contribution in [2.75, 3.05) is 19.0 Å². The van der Waals surface area contributed by atoms with Crippen LogP contribution in [0.25, 0.3) is 11.3 Å². The number of ether oxygens (including phenoxy) is 1. The maximum absolute atomic E-state index is 14.4. The quantitative estimate of drug-likeness (QED) is 0.551. The summed E-state index contributed by atoms with van der Waals surface area (Å²) in [7, 11) is 1.62. The molecule has 0 aromatic carbocycles. The van der Waals surface area contributed by atoms with E-state index in [2.05, 4.69) is 53.2 Å². The van der Waals surface area contributed by atoms with Gasteiger partial charge in [0, 0.05) is 40.5 Å². The van der Waals surface area contributed by atoms with Crippen LogP contribution in [0.2, 0.25) is 0 Å². The molecule has 0 saturated heterocycles. The molecule has 0 saturated carbocycles. The number of halogens is 1. The van der Waals surface area contributed by atoms with Gasteiger partial charge >= 0.3 is 0 Å². The van der Waals surface area contributed by atoms with E-state index in [1.165, 1.54) is 11.6 Å². The standard InChI is InChI=1S/C24H30FN5O/c1-23(2)9-8-17-18(12-23)29-30-22(17)15-10-20(25)28-21(11-15)27-14-24(3,4)19-7-6-16(31-5)13-26-19/h6-7,10-11,13H,8-9,12,14H2,1-5H3,(H,27,28)(H,29,30). The Morgan fingerprint density at radius 2 is 2.06 bits per heavy atom. The van der Waals surface area contributed by atoms with Crippen LogP contribution in [0.3, 0.4) is 0 Å². The summed E-state index contributed by atoms with van der Waals surface area (Å²) < 4.78 is 19.6. The Morgan fingerprint density at radius 1 is 1.26 bits per heavy atom. The summed E-state index contributed by atoms with van der Waals surface area (Å²) in [6.45, 7) is 9.25. The van der Waals surface area contributed by atoms with Gasteiger partial charge in [-0.15, -0.1) is 0 Å². The topological polar surface area (TPSA) is 75.7 Å². The molecule has 164 valence electrons. The van der Waals surface area contributed by atoms with E-state index in [-0.39, 0.29) is 10.8 Å². The van der Waals surface area contributed by atoms with Crippen LogP contribution in [0.5, 0.6) is 5.75 Å². The lowest BCUT2D eigenvalue weighted by atomic mass is 9.76. The van der Waals surface area contributed by atoms with E-state index in [0.29, 0.717) is 12.4 Å². The maximum atomic E-state index is 14.4. The van der Waals surface area contributed by atoms with Gasteiger partial charge in [0.1, 0.15) is 11.6 Å². The van der Waals surface area contributed by atoms with E-state index in [1.807, 2.05) is 18.2 Å². The van der Waals surface area contributed by atoms with Crippen molar-refractivity contribution in [3.63, 3.8) is 0 Å². The van der Waals surface area contributed by atoms with Crippen LogP contribution in [0, 0.1) is 11.4 Å². The lowest BCUT2D eigenvalue weighted by molar-refractivity contribution is 0.312. The molecule has 0 aliphatic heterocycles. The number of hydrogen-bond acceptors (Lipinski definition) is 5. The Hall–Kier alpha value is -2.96. The van der Waals surface area contributed by atoms with Gasteiger partial charge in [0.2, 0.25) is 5.95 Å². The number of anilines is 1. The Bertz CT molecular complexity index is 1070. The number of hydrogen-bond donors (Lipinski definition) is 2. The third-order valence-corrected chi connectivity index (χ3v) is 6.10. The lowest BCUT2D eigenvalue weighted by Gasteiger charge is -2.29. The first-order chi connectivity index (χ1) is 14.7. The highest BCUT2D eigenvalue weighted by molar-refractivity contribution is 5.67. The molecular formula is C24H30FN5O.